The van der Waals surface area contributed by atoms with Crippen LogP contribution in [0.4, 0.5) is 0 Å². The highest BCUT2D eigenvalue weighted by Gasteiger charge is 2.63. The van der Waals surface area contributed by atoms with Gasteiger partial charge in [-0.2, -0.15) is 0 Å². The molecule has 5 unspecified atom stereocenters. The predicted molar refractivity (Wildman–Crippen MR) is 42.1 cm³/mol. The summed E-state index contributed by atoms with van der Waals surface area (Å²) in [5, 5.41) is 0. The second-order valence-electron chi connectivity index (χ2n) is 3.80. The molecule has 5 atom stereocenters. The third-order valence-electron chi connectivity index (χ3n) is 3.14. The Morgan fingerprint density at radius 2 is 2.38 bits per heavy atom. The van der Waals surface area contributed by atoms with Crippen molar-refractivity contribution in [1.82, 2.24) is 0 Å². The molecule has 3 heterocycles. The zero-order valence-corrected chi connectivity index (χ0v) is 7.43. The molecule has 3 saturated heterocycles. The van der Waals surface area contributed by atoms with Crippen LogP contribution in [0.25, 0.3) is 0 Å². The molecule has 0 saturated carbocycles. The van der Waals surface area contributed by atoms with Gasteiger partial charge in [0.15, 0.2) is 6.10 Å². The lowest BCUT2D eigenvalue weighted by Gasteiger charge is -2.21. The van der Waals surface area contributed by atoms with E-state index in [1.807, 2.05) is 6.92 Å². The first-order valence-electron chi connectivity index (χ1n) is 4.79. The maximum absolute atomic E-state index is 11.3. The SMILES string of the molecule is CCOC1C2CC3C(=O)OC1C3O2. The molecule has 72 valence electrons. The Bertz CT molecular complexity index is 252. The van der Waals surface area contributed by atoms with Crippen LogP contribution in [0.2, 0.25) is 0 Å². The first-order chi connectivity index (χ1) is 6.31. The highest BCUT2D eigenvalue weighted by molar-refractivity contribution is 5.77. The Morgan fingerprint density at radius 3 is 3.15 bits per heavy atom. The van der Waals surface area contributed by atoms with Crippen LogP contribution in [0.5, 0.6) is 0 Å². The molecule has 0 spiro atoms. The minimum absolute atomic E-state index is 0.00768. The molecule has 4 heteroatoms. The van der Waals surface area contributed by atoms with Crippen molar-refractivity contribution in [2.24, 2.45) is 5.92 Å². The lowest BCUT2D eigenvalue weighted by atomic mass is 9.88. The minimum Gasteiger partial charge on any atom is -0.456 e. The van der Waals surface area contributed by atoms with Crippen molar-refractivity contribution >= 4 is 5.97 Å². The van der Waals surface area contributed by atoms with Crippen LogP contribution >= 0.6 is 0 Å². The van der Waals surface area contributed by atoms with Crippen LogP contribution in [0.1, 0.15) is 13.3 Å². The van der Waals surface area contributed by atoms with E-state index in [1.165, 1.54) is 0 Å². The number of rotatable bonds is 2. The fourth-order valence-electron chi connectivity index (χ4n) is 2.63. The van der Waals surface area contributed by atoms with E-state index in [1.54, 1.807) is 0 Å². The first kappa shape index (κ1) is 7.76. The van der Waals surface area contributed by atoms with Gasteiger partial charge in [-0.15, -0.1) is 0 Å². The lowest BCUT2D eigenvalue weighted by molar-refractivity contribution is -0.146. The second-order valence-corrected chi connectivity index (χ2v) is 3.80. The van der Waals surface area contributed by atoms with E-state index < -0.39 is 0 Å². The van der Waals surface area contributed by atoms with Crippen molar-refractivity contribution in [3.8, 4) is 0 Å². The molecule has 0 N–H and O–H groups in total. The summed E-state index contributed by atoms with van der Waals surface area (Å²) in [6.07, 6.45) is 0.708. The van der Waals surface area contributed by atoms with E-state index in [4.69, 9.17) is 14.2 Å². The third kappa shape index (κ3) is 0.849. The zero-order valence-electron chi connectivity index (χ0n) is 7.43. The Morgan fingerprint density at radius 1 is 1.54 bits per heavy atom. The van der Waals surface area contributed by atoms with Crippen molar-refractivity contribution in [2.45, 2.75) is 37.8 Å². The van der Waals surface area contributed by atoms with Crippen LogP contribution in [0.15, 0.2) is 0 Å². The molecular weight excluding hydrogens is 172 g/mol. The van der Waals surface area contributed by atoms with Gasteiger partial charge in [-0.1, -0.05) is 0 Å². The van der Waals surface area contributed by atoms with Gasteiger partial charge >= 0.3 is 5.97 Å². The van der Waals surface area contributed by atoms with Gasteiger partial charge < -0.3 is 14.2 Å². The Balaban J connectivity index is 1.86. The van der Waals surface area contributed by atoms with E-state index in [2.05, 4.69) is 0 Å². The highest BCUT2D eigenvalue weighted by atomic mass is 16.6. The van der Waals surface area contributed by atoms with Crippen molar-refractivity contribution in [3.63, 3.8) is 0 Å². The van der Waals surface area contributed by atoms with Gasteiger partial charge in [0, 0.05) is 6.61 Å². The first-order valence-corrected chi connectivity index (χ1v) is 4.79. The molecule has 3 aliphatic rings. The summed E-state index contributed by atoms with van der Waals surface area (Å²) < 4.78 is 16.4. The van der Waals surface area contributed by atoms with E-state index in [0.29, 0.717) is 6.61 Å². The predicted octanol–water partition coefficient (Wildman–Crippen LogP) is 0.104. The van der Waals surface area contributed by atoms with Gasteiger partial charge in [0.2, 0.25) is 0 Å². The molecule has 3 fully saturated rings. The smallest absolute Gasteiger partial charge is 0.312 e. The molecule has 0 aromatic carbocycles. The molecule has 13 heavy (non-hydrogen) atoms. The average Bonchev–Trinajstić information content (AvgIpc) is 2.69. The monoisotopic (exact) mass is 184 g/mol. The number of hydrogen-bond donors (Lipinski definition) is 0. The summed E-state index contributed by atoms with van der Waals surface area (Å²) in [4.78, 5) is 11.3. The number of carbonyl (C=O) groups is 1. The van der Waals surface area contributed by atoms with Crippen molar-refractivity contribution in [1.29, 1.82) is 0 Å². The van der Waals surface area contributed by atoms with E-state index in [0.717, 1.165) is 6.42 Å². The molecule has 0 aromatic rings. The maximum atomic E-state index is 11.3. The summed E-state index contributed by atoms with van der Waals surface area (Å²) in [6.45, 7) is 2.59. The van der Waals surface area contributed by atoms with Gasteiger partial charge in [-0.3, -0.25) is 4.79 Å². The second kappa shape index (κ2) is 2.45. The average molecular weight is 184 g/mol. The minimum atomic E-state index is -0.129. The van der Waals surface area contributed by atoms with Crippen LogP contribution in [-0.4, -0.2) is 37.0 Å². The van der Waals surface area contributed by atoms with Crippen LogP contribution in [0.3, 0.4) is 0 Å². The summed E-state index contributed by atoms with van der Waals surface area (Å²) in [6, 6.07) is 0. The van der Waals surface area contributed by atoms with Gasteiger partial charge in [-0.25, -0.2) is 0 Å². The van der Waals surface area contributed by atoms with Crippen LogP contribution in [0, 0.1) is 5.92 Å². The summed E-state index contributed by atoms with van der Waals surface area (Å²) in [7, 11) is 0. The summed E-state index contributed by atoms with van der Waals surface area (Å²) in [5.74, 6) is -0.105. The molecule has 2 bridgehead atoms. The topological polar surface area (TPSA) is 44.8 Å². The molecule has 0 aromatic heterocycles. The van der Waals surface area contributed by atoms with Crippen molar-refractivity contribution in [3.05, 3.63) is 0 Å². The number of hydrogen-bond acceptors (Lipinski definition) is 4. The van der Waals surface area contributed by atoms with E-state index >= 15 is 0 Å². The Labute approximate surface area is 76.1 Å². The van der Waals surface area contributed by atoms with Crippen LogP contribution in [-0.2, 0) is 19.0 Å². The number of ether oxygens (including phenoxy) is 3. The summed E-state index contributed by atoms with van der Waals surface area (Å²) in [5.41, 5.74) is 0. The largest absolute Gasteiger partial charge is 0.456 e. The fourth-order valence-corrected chi connectivity index (χ4v) is 2.63. The standard InChI is InChI=1S/C9H12O4/c1-2-11-7-5-3-4-6(12-5)8(7)13-9(4)10/h4-8H,2-3H2,1H3. The molecule has 4 nitrogen and oxygen atoms in total. The van der Waals surface area contributed by atoms with E-state index in [9.17, 15) is 4.79 Å². The molecule has 0 amide bonds. The molecular formula is C9H12O4. The van der Waals surface area contributed by atoms with Gasteiger partial charge in [0.05, 0.1) is 12.0 Å². The fraction of sp³-hybridized carbons (Fsp3) is 0.889. The summed E-state index contributed by atoms with van der Waals surface area (Å²) >= 11 is 0. The zero-order chi connectivity index (χ0) is 9.00. The third-order valence-corrected chi connectivity index (χ3v) is 3.14. The molecule has 0 radical (unpaired) electrons. The van der Waals surface area contributed by atoms with Gasteiger partial charge in [0.1, 0.15) is 12.2 Å². The van der Waals surface area contributed by atoms with Crippen molar-refractivity contribution in [2.75, 3.05) is 6.61 Å². The Kier molecular flexibility index (Phi) is 1.46. The molecule has 3 aliphatic heterocycles. The Hall–Kier alpha value is -0.610. The quantitative estimate of drug-likeness (QED) is 0.571. The maximum Gasteiger partial charge on any atom is 0.312 e. The van der Waals surface area contributed by atoms with Crippen molar-refractivity contribution < 1.29 is 19.0 Å². The molecule has 0 aliphatic carbocycles. The number of fused-ring (bicyclic) bond motifs is 1. The number of carbonyl (C=O) groups excluding carboxylic acids is 1. The van der Waals surface area contributed by atoms with Crippen LogP contribution < -0.4 is 0 Å². The van der Waals surface area contributed by atoms with Gasteiger partial charge in [0.25, 0.3) is 0 Å². The molecule has 3 rings (SSSR count). The van der Waals surface area contributed by atoms with Gasteiger partial charge in [-0.05, 0) is 13.3 Å². The van der Waals surface area contributed by atoms with E-state index in [-0.39, 0.29) is 36.3 Å². The normalized spacial score (nSPS) is 51.5. The lowest BCUT2D eigenvalue weighted by Crippen LogP contribution is -2.38. The number of esters is 1. The highest BCUT2D eigenvalue weighted by Crippen LogP contribution is 2.47.